The van der Waals surface area contributed by atoms with Gasteiger partial charge in [0.1, 0.15) is 0 Å². The van der Waals surface area contributed by atoms with Gasteiger partial charge in [-0.1, -0.05) is 202 Å². The molecule has 2 heterocycles. The first kappa shape index (κ1) is 87.7. The maximum absolute atomic E-state index is 15.1. The van der Waals surface area contributed by atoms with Crippen molar-refractivity contribution < 1.29 is 28.4 Å². The van der Waals surface area contributed by atoms with Gasteiger partial charge in [-0.25, -0.2) is 9.13 Å². The summed E-state index contributed by atoms with van der Waals surface area (Å²) >= 11 is 0. The second-order valence-electron chi connectivity index (χ2n) is 37.4. The molecule has 0 spiro atoms. The maximum Gasteiger partial charge on any atom is 0.266 e. The zero-order valence-corrected chi connectivity index (χ0v) is 72.6. The standard InChI is InChI=1S/C100H128N2O14/c1-57(2)25-19-31-63(13)51-111-87-43-73(44-88(112-52-64(14)32-20-26-58(3)4)95(87)115-55-67(17)35-23-29-61(9)10)101-97(107)83-47-79-80(48-84(83)98(101)108)92(104)76-40-70-38-72-42-78-77(41-71(72)37-69(70)39-75(76)91(79)103)93(105)81-49-85-86(50-82(81)94(78)106)100(110)102(99(85)109)74-45-89(113-53-65(15)33-21-27-59(5)6)96(116-56-68(18)36-24-30-62(11)12)90(46-74)114-54-66(16)34-22-28-60(7)8/h37-50,57-68H,19-36,51-56H2,1-18H3/t63-,64-,65-,66-,67-,68-/m1/s1. The van der Waals surface area contributed by atoms with Gasteiger partial charge < -0.3 is 28.4 Å². The van der Waals surface area contributed by atoms with Crippen molar-refractivity contribution in [3.63, 3.8) is 0 Å². The lowest BCUT2D eigenvalue weighted by atomic mass is 9.94. The average Bonchev–Trinajstić information content (AvgIpc) is 1.31. The monoisotopic (exact) mass is 1580 g/mol. The fraction of sp³-hybridized carbons (Fsp3) is 0.540. The number of rotatable bonds is 44. The number of nitrogens with zero attached hydrogens (tertiary/aromatic N) is 2. The van der Waals surface area contributed by atoms with Crippen LogP contribution in [0.5, 0.6) is 34.5 Å². The molecule has 0 N–H and O–H groups in total. The van der Waals surface area contributed by atoms with Gasteiger partial charge in [0.05, 0.1) is 72.6 Å². The summed E-state index contributed by atoms with van der Waals surface area (Å²) in [4.78, 5) is 120. The van der Waals surface area contributed by atoms with Crippen molar-refractivity contribution in [3.8, 4) is 45.9 Å². The Balaban J connectivity index is 0.982. The van der Waals surface area contributed by atoms with Crippen LogP contribution >= 0.6 is 0 Å². The highest BCUT2D eigenvalue weighted by Crippen LogP contribution is 2.44. The van der Waals surface area contributed by atoms with Gasteiger partial charge in [-0.05, 0) is 192 Å². The molecule has 0 aliphatic heterocycles. The highest BCUT2D eigenvalue weighted by Gasteiger charge is 2.29. The molecule has 0 amide bonds. The Kier molecular flexibility index (Phi) is 29.4. The van der Waals surface area contributed by atoms with Crippen molar-refractivity contribution >= 4 is 86.2 Å². The molecule has 0 aliphatic carbocycles. The van der Waals surface area contributed by atoms with Crippen molar-refractivity contribution in [1.82, 2.24) is 9.13 Å². The van der Waals surface area contributed by atoms with E-state index >= 15 is 38.4 Å². The predicted octanol–water partition coefficient (Wildman–Crippen LogP) is 22.2. The Bertz CT molecular complexity index is 5100. The number of ether oxygens (including phenoxy) is 6. The predicted molar refractivity (Wildman–Crippen MR) is 480 cm³/mol. The van der Waals surface area contributed by atoms with Gasteiger partial charge in [-0.2, -0.15) is 0 Å². The van der Waals surface area contributed by atoms with E-state index in [0.29, 0.717) is 131 Å². The smallest absolute Gasteiger partial charge is 0.266 e. The van der Waals surface area contributed by atoms with Crippen LogP contribution in [0.2, 0.25) is 0 Å². The number of aromatic nitrogens is 2. The Morgan fingerprint density at radius 1 is 0.216 bits per heavy atom. The second-order valence-corrected chi connectivity index (χ2v) is 37.4. The number of hydrogen-bond acceptors (Lipinski definition) is 14. The molecule has 9 aromatic carbocycles. The summed E-state index contributed by atoms with van der Waals surface area (Å²) in [5.74, 6) is 6.76. The largest absolute Gasteiger partial charge is 0.489 e. The first-order valence-electron chi connectivity index (χ1n) is 43.8. The number of benzene rings is 9. The van der Waals surface area contributed by atoms with E-state index in [4.69, 9.17) is 28.4 Å². The molecular weight excluding hydrogens is 1450 g/mol. The summed E-state index contributed by atoms with van der Waals surface area (Å²) in [7, 11) is 0. The van der Waals surface area contributed by atoms with E-state index in [1.807, 2.05) is 0 Å². The minimum atomic E-state index is -0.678. The van der Waals surface area contributed by atoms with Crippen LogP contribution in [-0.2, 0) is 0 Å². The number of fused-ring (bicyclic) bond motifs is 8. The van der Waals surface area contributed by atoms with E-state index < -0.39 is 44.0 Å². The summed E-state index contributed by atoms with van der Waals surface area (Å²) in [5.41, 5.74) is -4.40. The second kappa shape index (κ2) is 38.9. The molecule has 0 radical (unpaired) electrons. The third-order valence-corrected chi connectivity index (χ3v) is 23.6. The topological polar surface area (TPSA) is 202 Å². The Morgan fingerprint density at radius 3 is 0.586 bits per heavy atom. The molecule has 16 nitrogen and oxygen atoms in total. The first-order chi connectivity index (χ1) is 55.2. The fourth-order valence-corrected chi connectivity index (χ4v) is 16.5. The first-order valence-corrected chi connectivity index (χ1v) is 43.8. The zero-order valence-electron chi connectivity index (χ0n) is 72.6. The molecule has 6 atom stereocenters. The molecule has 0 bridgehead atoms. The van der Waals surface area contributed by atoms with Gasteiger partial charge in [0.15, 0.2) is 44.7 Å². The van der Waals surface area contributed by atoms with E-state index in [2.05, 4.69) is 125 Å². The quantitative estimate of drug-likeness (QED) is 0.0326. The molecule has 11 aromatic rings. The lowest BCUT2D eigenvalue weighted by Crippen LogP contribution is -2.24. The van der Waals surface area contributed by atoms with Gasteiger partial charge in [0.25, 0.3) is 22.2 Å². The van der Waals surface area contributed by atoms with Crippen LogP contribution in [0.3, 0.4) is 0 Å². The molecule has 16 heteroatoms. The van der Waals surface area contributed by atoms with E-state index in [9.17, 15) is 0 Å². The van der Waals surface area contributed by atoms with Crippen LogP contribution in [0.4, 0.5) is 0 Å². The normalized spacial score (nSPS) is 13.9. The third-order valence-electron chi connectivity index (χ3n) is 23.6. The molecule has 116 heavy (non-hydrogen) atoms. The van der Waals surface area contributed by atoms with E-state index in [-0.39, 0.29) is 112 Å². The highest BCUT2D eigenvalue weighted by atomic mass is 16.6. The van der Waals surface area contributed by atoms with Gasteiger partial charge in [0.2, 0.25) is 11.5 Å². The van der Waals surface area contributed by atoms with Crippen LogP contribution in [0.15, 0.2) is 123 Å². The van der Waals surface area contributed by atoms with Crippen LogP contribution in [0.25, 0.3) is 97.6 Å². The van der Waals surface area contributed by atoms with E-state index in [1.54, 1.807) is 60.7 Å². The van der Waals surface area contributed by atoms with Crippen molar-refractivity contribution in [2.45, 2.75) is 240 Å². The molecule has 0 fully saturated rings. The molecule has 0 unspecified atom stereocenters. The zero-order chi connectivity index (χ0) is 83.7. The lowest BCUT2D eigenvalue weighted by molar-refractivity contribution is 0.191. The Hall–Kier alpha value is -9.18. The molecule has 2 aromatic heterocycles. The van der Waals surface area contributed by atoms with Crippen LogP contribution in [0.1, 0.15) is 240 Å². The van der Waals surface area contributed by atoms with Gasteiger partial charge in [-0.3, -0.25) is 38.4 Å². The molecular formula is C100H128N2O14. The van der Waals surface area contributed by atoms with Crippen molar-refractivity contribution in [2.24, 2.45) is 71.0 Å². The third kappa shape index (κ3) is 20.8. The molecule has 0 aliphatic rings. The maximum atomic E-state index is 15.1. The lowest BCUT2D eigenvalue weighted by Gasteiger charge is -2.22. The van der Waals surface area contributed by atoms with Gasteiger partial charge in [0, 0.05) is 67.4 Å². The van der Waals surface area contributed by atoms with Crippen LogP contribution in [-0.4, -0.2) is 48.8 Å². The van der Waals surface area contributed by atoms with Crippen molar-refractivity contribution in [3.05, 3.63) is 167 Å². The number of hydrogen-bond donors (Lipinski definition) is 0. The van der Waals surface area contributed by atoms with Crippen molar-refractivity contribution in [2.75, 3.05) is 39.6 Å². The molecule has 0 saturated carbocycles. The minimum Gasteiger partial charge on any atom is -0.489 e. The molecule has 622 valence electrons. The van der Waals surface area contributed by atoms with Crippen LogP contribution in [0, 0.1) is 71.0 Å². The summed E-state index contributed by atoms with van der Waals surface area (Å²) in [6.45, 7) is 41.8. The summed E-state index contributed by atoms with van der Waals surface area (Å²) in [6, 6.07) is 22.2. The van der Waals surface area contributed by atoms with E-state index in [1.165, 1.54) is 24.3 Å². The molecule has 0 saturated heterocycles. The fourth-order valence-electron chi connectivity index (χ4n) is 16.5. The summed E-state index contributed by atoms with van der Waals surface area (Å²) < 4.78 is 42.6. The average molecular weight is 1580 g/mol. The van der Waals surface area contributed by atoms with Crippen molar-refractivity contribution in [1.29, 1.82) is 0 Å². The van der Waals surface area contributed by atoms with Gasteiger partial charge >= 0.3 is 0 Å². The summed E-state index contributed by atoms with van der Waals surface area (Å²) in [6.07, 6.45) is 18.6. The molecule has 11 rings (SSSR count). The Labute approximate surface area is 684 Å². The minimum absolute atomic E-state index is 0.0256. The van der Waals surface area contributed by atoms with E-state index in [0.717, 1.165) is 125 Å². The summed E-state index contributed by atoms with van der Waals surface area (Å²) in [5, 5.41) is 2.34. The Morgan fingerprint density at radius 2 is 0.397 bits per heavy atom. The van der Waals surface area contributed by atoms with Crippen LogP contribution < -0.4 is 72.4 Å². The van der Waals surface area contributed by atoms with Gasteiger partial charge in [-0.15, -0.1) is 0 Å². The SMILES string of the molecule is CC(C)CCC[C@@H](C)COc1cc(-n2c(=O)c3cc4c(=O)c5cc6cc7cc8c(=O)c9cc%10c(=O)n(-c%11cc(OC[C@H](C)CCCC(C)C)c(OC[C@H](C)CCCC(C)C)c(OC[C@H](C)CCCC(C)C)c%11)c(=O)c%10cc9c(=O)c8cc7cc6cc5c(=O)c4cc3c2=O)cc(OC[C@H](C)CCCC(C)C)c1OC[C@H](C)CCCC(C)C. The highest BCUT2D eigenvalue weighted by molar-refractivity contribution is 6.13.